The van der Waals surface area contributed by atoms with Gasteiger partial charge in [-0.15, -0.1) is 0 Å². The maximum absolute atomic E-state index is 6.50. The average Bonchev–Trinajstić information content (AvgIpc) is 3.04. The second-order valence-corrected chi connectivity index (χ2v) is 8.41. The molecule has 0 atom stereocenters. The second kappa shape index (κ2) is 8.78. The van der Waals surface area contributed by atoms with E-state index in [2.05, 4.69) is 17.0 Å². The molecule has 0 N–H and O–H groups in total. The molecule has 7 heteroatoms. The van der Waals surface area contributed by atoms with Gasteiger partial charge in [-0.2, -0.15) is 10.2 Å². The molecule has 0 bridgehead atoms. The van der Waals surface area contributed by atoms with E-state index in [0.717, 1.165) is 41.3 Å². The van der Waals surface area contributed by atoms with Crippen LogP contribution in [-0.4, -0.2) is 34.1 Å². The van der Waals surface area contributed by atoms with E-state index in [1.165, 1.54) is 19.3 Å². The van der Waals surface area contributed by atoms with Crippen LogP contribution in [0.5, 0.6) is 0 Å². The SMILES string of the molecule is Cc1c(C=NN2CCCCC2)nn(-c2ccc(Cl)cc2Cl)c1-c1ccc(Cl)cc1. The van der Waals surface area contributed by atoms with Crippen LogP contribution in [0.2, 0.25) is 15.1 Å². The van der Waals surface area contributed by atoms with Crippen molar-refractivity contribution < 1.29 is 0 Å². The summed E-state index contributed by atoms with van der Waals surface area (Å²) in [5.41, 5.74) is 4.56. The Bertz CT molecular complexity index is 1030. The first-order valence-electron chi connectivity index (χ1n) is 9.63. The van der Waals surface area contributed by atoms with Gasteiger partial charge in [0.15, 0.2) is 0 Å². The Balaban J connectivity index is 1.81. The molecule has 150 valence electrons. The number of aromatic nitrogens is 2. The molecule has 4 nitrogen and oxygen atoms in total. The van der Waals surface area contributed by atoms with Crippen LogP contribution in [0.4, 0.5) is 0 Å². The van der Waals surface area contributed by atoms with Crippen LogP contribution >= 0.6 is 34.8 Å². The Morgan fingerprint density at radius 2 is 1.62 bits per heavy atom. The normalized spacial score (nSPS) is 14.7. The first-order chi connectivity index (χ1) is 14.0. The van der Waals surface area contributed by atoms with Gasteiger partial charge in [-0.1, -0.05) is 46.9 Å². The number of halogens is 3. The zero-order valence-electron chi connectivity index (χ0n) is 16.1. The quantitative estimate of drug-likeness (QED) is 0.421. The average molecular weight is 448 g/mol. The first kappa shape index (κ1) is 20.3. The van der Waals surface area contributed by atoms with E-state index in [4.69, 9.17) is 39.9 Å². The van der Waals surface area contributed by atoms with Gasteiger partial charge < -0.3 is 0 Å². The summed E-state index contributed by atoms with van der Waals surface area (Å²) in [5.74, 6) is 0. The third kappa shape index (κ3) is 4.45. The van der Waals surface area contributed by atoms with Crippen LogP contribution in [0, 0.1) is 6.92 Å². The molecular weight excluding hydrogens is 427 g/mol. The number of hydrazone groups is 1. The number of hydrogen-bond donors (Lipinski definition) is 0. The number of hydrogen-bond acceptors (Lipinski definition) is 3. The largest absolute Gasteiger partial charge is 0.297 e. The Morgan fingerprint density at radius 3 is 2.31 bits per heavy atom. The molecule has 0 spiro atoms. The van der Waals surface area contributed by atoms with Crippen molar-refractivity contribution in [3.8, 4) is 16.9 Å². The van der Waals surface area contributed by atoms with Gasteiger partial charge in [-0.25, -0.2) is 4.68 Å². The fraction of sp³-hybridized carbons (Fsp3) is 0.273. The molecule has 29 heavy (non-hydrogen) atoms. The minimum absolute atomic E-state index is 0.537. The molecule has 0 unspecified atom stereocenters. The highest BCUT2D eigenvalue weighted by Crippen LogP contribution is 2.32. The summed E-state index contributed by atoms with van der Waals surface area (Å²) in [5, 5.41) is 13.4. The van der Waals surface area contributed by atoms with Crippen LogP contribution in [0.3, 0.4) is 0 Å². The van der Waals surface area contributed by atoms with Crippen LogP contribution in [-0.2, 0) is 0 Å². The van der Waals surface area contributed by atoms with E-state index in [-0.39, 0.29) is 0 Å². The Morgan fingerprint density at radius 1 is 0.931 bits per heavy atom. The summed E-state index contributed by atoms with van der Waals surface area (Å²) in [6.45, 7) is 4.03. The topological polar surface area (TPSA) is 33.4 Å². The monoisotopic (exact) mass is 446 g/mol. The zero-order chi connectivity index (χ0) is 20.4. The molecule has 0 aliphatic carbocycles. The minimum atomic E-state index is 0.537. The van der Waals surface area contributed by atoms with Crippen LogP contribution in [0.25, 0.3) is 16.9 Å². The van der Waals surface area contributed by atoms with Crippen molar-refractivity contribution >= 4 is 41.0 Å². The maximum Gasteiger partial charge on any atom is 0.109 e. The predicted molar refractivity (Wildman–Crippen MR) is 122 cm³/mol. The van der Waals surface area contributed by atoms with Gasteiger partial charge in [-0.3, -0.25) is 5.01 Å². The van der Waals surface area contributed by atoms with Gasteiger partial charge in [0.05, 0.1) is 22.6 Å². The molecule has 2 aromatic carbocycles. The van der Waals surface area contributed by atoms with Crippen molar-refractivity contribution in [2.24, 2.45) is 5.10 Å². The third-order valence-corrected chi connectivity index (χ3v) is 5.88. The molecule has 1 saturated heterocycles. The summed E-state index contributed by atoms with van der Waals surface area (Å²) < 4.78 is 1.86. The Kier molecular flexibility index (Phi) is 6.14. The van der Waals surface area contributed by atoms with Crippen molar-refractivity contribution in [1.82, 2.24) is 14.8 Å². The van der Waals surface area contributed by atoms with E-state index in [0.29, 0.717) is 15.1 Å². The number of nitrogens with zero attached hydrogens (tertiary/aromatic N) is 4. The Hall–Kier alpha value is -2.01. The van der Waals surface area contributed by atoms with E-state index >= 15 is 0 Å². The second-order valence-electron chi connectivity index (χ2n) is 7.13. The number of benzene rings is 2. The van der Waals surface area contributed by atoms with Crippen molar-refractivity contribution in [1.29, 1.82) is 0 Å². The van der Waals surface area contributed by atoms with E-state index < -0.39 is 0 Å². The van der Waals surface area contributed by atoms with Crippen molar-refractivity contribution in [2.75, 3.05) is 13.1 Å². The summed E-state index contributed by atoms with van der Waals surface area (Å²) in [6.07, 6.45) is 5.48. The molecule has 1 aliphatic heterocycles. The lowest BCUT2D eigenvalue weighted by molar-refractivity contribution is 0.240. The van der Waals surface area contributed by atoms with Gasteiger partial charge in [-0.05, 0) is 56.5 Å². The van der Waals surface area contributed by atoms with Crippen molar-refractivity contribution in [2.45, 2.75) is 26.2 Å². The molecule has 1 aromatic heterocycles. The number of piperidine rings is 1. The molecule has 4 rings (SSSR count). The van der Waals surface area contributed by atoms with E-state index in [9.17, 15) is 0 Å². The molecule has 0 radical (unpaired) electrons. The molecule has 1 fully saturated rings. The lowest BCUT2D eigenvalue weighted by Gasteiger charge is -2.23. The predicted octanol–water partition coefficient (Wildman–Crippen LogP) is 6.63. The number of rotatable bonds is 4. The highest BCUT2D eigenvalue weighted by Gasteiger charge is 2.19. The summed E-state index contributed by atoms with van der Waals surface area (Å²) in [4.78, 5) is 0. The van der Waals surface area contributed by atoms with Crippen LogP contribution in [0.1, 0.15) is 30.5 Å². The van der Waals surface area contributed by atoms with Crippen molar-refractivity contribution in [3.05, 3.63) is 68.8 Å². The summed E-state index contributed by atoms with van der Waals surface area (Å²) in [6, 6.07) is 13.1. The molecule has 2 heterocycles. The lowest BCUT2D eigenvalue weighted by atomic mass is 10.1. The fourth-order valence-corrected chi connectivity index (χ4v) is 4.15. The van der Waals surface area contributed by atoms with Crippen LogP contribution < -0.4 is 0 Å². The van der Waals surface area contributed by atoms with Crippen LogP contribution in [0.15, 0.2) is 47.6 Å². The van der Waals surface area contributed by atoms with Gasteiger partial charge in [0, 0.05) is 34.3 Å². The summed E-state index contributed by atoms with van der Waals surface area (Å²) >= 11 is 18.7. The van der Waals surface area contributed by atoms with Gasteiger partial charge in [0.25, 0.3) is 0 Å². The molecule has 0 amide bonds. The summed E-state index contributed by atoms with van der Waals surface area (Å²) in [7, 11) is 0. The maximum atomic E-state index is 6.50. The molecule has 1 aliphatic rings. The molecule has 0 saturated carbocycles. The molecular formula is C22H21Cl3N4. The smallest absolute Gasteiger partial charge is 0.109 e. The van der Waals surface area contributed by atoms with E-state index in [1.54, 1.807) is 6.07 Å². The molecule has 3 aromatic rings. The minimum Gasteiger partial charge on any atom is -0.297 e. The Labute approximate surface area is 185 Å². The highest BCUT2D eigenvalue weighted by molar-refractivity contribution is 6.35. The third-order valence-electron chi connectivity index (χ3n) is 5.09. The first-order valence-corrected chi connectivity index (χ1v) is 10.8. The highest BCUT2D eigenvalue weighted by atomic mass is 35.5. The van der Waals surface area contributed by atoms with Gasteiger partial charge in [0.2, 0.25) is 0 Å². The standard InChI is InChI=1S/C22H21Cl3N4/c1-15-20(14-26-28-11-3-2-4-12-28)27-29(21-10-9-18(24)13-19(21)25)22(15)16-5-7-17(23)8-6-16/h5-10,13-14H,2-4,11-12H2,1H3. The van der Waals surface area contributed by atoms with Gasteiger partial charge in [0.1, 0.15) is 5.69 Å². The lowest BCUT2D eigenvalue weighted by Crippen LogP contribution is -2.24. The van der Waals surface area contributed by atoms with Gasteiger partial charge >= 0.3 is 0 Å². The zero-order valence-corrected chi connectivity index (χ0v) is 18.3. The fourth-order valence-electron chi connectivity index (χ4n) is 3.54. The van der Waals surface area contributed by atoms with Crippen molar-refractivity contribution in [3.63, 3.8) is 0 Å². The van der Waals surface area contributed by atoms with E-state index in [1.807, 2.05) is 47.3 Å².